The van der Waals surface area contributed by atoms with Crippen LogP contribution in [0.3, 0.4) is 0 Å². The van der Waals surface area contributed by atoms with Crippen LogP contribution in [0.15, 0.2) is 0 Å². The topological polar surface area (TPSA) is 66.6 Å². The number of rotatable bonds is 1. The first-order valence-electron chi connectivity index (χ1n) is 7.75. The summed E-state index contributed by atoms with van der Waals surface area (Å²) in [4.78, 5) is 27.9. The summed E-state index contributed by atoms with van der Waals surface area (Å²) in [7, 11) is 0. The molecule has 2 amide bonds. The molecule has 0 bridgehead atoms. The van der Waals surface area contributed by atoms with Gasteiger partial charge in [0, 0.05) is 38.6 Å². The van der Waals surface area contributed by atoms with Crippen molar-refractivity contribution >= 4 is 24.2 Å². The van der Waals surface area contributed by atoms with Crippen LogP contribution >= 0.6 is 12.4 Å². The highest BCUT2D eigenvalue weighted by molar-refractivity contribution is 5.85. The highest BCUT2D eigenvalue weighted by Gasteiger charge is 2.40. The summed E-state index contributed by atoms with van der Waals surface area (Å²) in [5.41, 5.74) is 5.96. The molecule has 6 heteroatoms. The predicted molar refractivity (Wildman–Crippen MR) is 85.2 cm³/mol. The van der Waals surface area contributed by atoms with Crippen molar-refractivity contribution in [3.05, 3.63) is 0 Å². The van der Waals surface area contributed by atoms with Crippen LogP contribution in [0.4, 0.5) is 0 Å². The van der Waals surface area contributed by atoms with Gasteiger partial charge >= 0.3 is 0 Å². The van der Waals surface area contributed by atoms with Crippen molar-refractivity contribution in [2.75, 3.05) is 26.2 Å². The number of hydrogen-bond acceptors (Lipinski definition) is 3. The summed E-state index contributed by atoms with van der Waals surface area (Å²) in [5, 5.41) is 0. The molecule has 0 aromatic rings. The highest BCUT2D eigenvalue weighted by Crippen LogP contribution is 2.33. The number of carbonyl (C=O) groups excluding carboxylic acids is 2. The monoisotopic (exact) mass is 317 g/mol. The number of amides is 2. The van der Waals surface area contributed by atoms with Gasteiger partial charge < -0.3 is 15.5 Å². The van der Waals surface area contributed by atoms with Crippen LogP contribution in [-0.4, -0.2) is 53.3 Å². The smallest absolute Gasteiger partial charge is 0.227 e. The van der Waals surface area contributed by atoms with Gasteiger partial charge in [-0.2, -0.15) is 0 Å². The maximum atomic E-state index is 12.7. The molecule has 1 heterocycles. The Morgan fingerprint density at radius 2 is 1.67 bits per heavy atom. The maximum Gasteiger partial charge on any atom is 0.227 e. The summed E-state index contributed by atoms with van der Waals surface area (Å²) in [5.74, 6) is 0.237. The van der Waals surface area contributed by atoms with E-state index < -0.39 is 0 Å². The lowest BCUT2D eigenvalue weighted by atomic mass is 9.74. The largest absolute Gasteiger partial charge is 0.341 e. The fourth-order valence-electron chi connectivity index (χ4n) is 3.44. The molecule has 2 fully saturated rings. The first-order valence-corrected chi connectivity index (χ1v) is 7.75. The number of nitrogens with zero attached hydrogens (tertiary/aromatic N) is 2. The summed E-state index contributed by atoms with van der Waals surface area (Å²) in [6.45, 7) is 6.39. The highest BCUT2D eigenvalue weighted by atomic mass is 35.5. The second-order valence-electron chi connectivity index (χ2n) is 6.49. The van der Waals surface area contributed by atoms with E-state index in [2.05, 4.69) is 0 Å². The van der Waals surface area contributed by atoms with Crippen molar-refractivity contribution in [3.8, 4) is 0 Å². The van der Waals surface area contributed by atoms with E-state index in [4.69, 9.17) is 5.73 Å². The zero-order chi connectivity index (χ0) is 14.8. The van der Waals surface area contributed by atoms with Gasteiger partial charge in [0.1, 0.15) is 0 Å². The van der Waals surface area contributed by atoms with Crippen LogP contribution in [-0.2, 0) is 9.59 Å². The molecule has 2 N–H and O–H groups in total. The minimum absolute atomic E-state index is 0. The van der Waals surface area contributed by atoms with Crippen molar-refractivity contribution in [1.29, 1.82) is 0 Å². The van der Waals surface area contributed by atoms with E-state index in [1.54, 1.807) is 6.92 Å². The normalized spacial score (nSPS) is 30.3. The molecule has 1 saturated heterocycles. The van der Waals surface area contributed by atoms with Crippen molar-refractivity contribution in [1.82, 2.24) is 9.80 Å². The molecule has 1 aliphatic carbocycles. The van der Waals surface area contributed by atoms with Gasteiger partial charge in [-0.05, 0) is 26.2 Å². The summed E-state index contributed by atoms with van der Waals surface area (Å²) < 4.78 is 0. The summed E-state index contributed by atoms with van der Waals surface area (Å²) >= 11 is 0. The van der Waals surface area contributed by atoms with Crippen LogP contribution < -0.4 is 5.73 Å². The fraction of sp³-hybridized carbons (Fsp3) is 0.867. The third-order valence-electron chi connectivity index (χ3n) is 4.81. The molecule has 2 rings (SSSR count). The Kier molecular flexibility index (Phi) is 6.47. The third-order valence-corrected chi connectivity index (χ3v) is 4.81. The summed E-state index contributed by atoms with van der Waals surface area (Å²) in [6, 6.07) is 0. The maximum absolute atomic E-state index is 12.7. The Morgan fingerprint density at radius 1 is 1.05 bits per heavy atom. The van der Waals surface area contributed by atoms with Gasteiger partial charge in [0.05, 0.1) is 5.92 Å². The standard InChI is InChI=1S/C15H27N3O2.ClH/c1-12(19)17-8-5-9-18(11-10-17)14(20)13-6-3-4-7-15(13,2)16;/h13H,3-11,16H2,1-2H3;1H. The molecule has 1 aliphatic heterocycles. The van der Waals surface area contributed by atoms with E-state index in [0.29, 0.717) is 13.1 Å². The molecular formula is C15H28ClN3O2. The SMILES string of the molecule is CC(=O)N1CCCN(C(=O)C2CCCCC2(C)N)CC1.Cl. The van der Waals surface area contributed by atoms with Gasteiger partial charge in [-0.25, -0.2) is 0 Å². The van der Waals surface area contributed by atoms with Crippen molar-refractivity contribution in [2.24, 2.45) is 11.7 Å². The molecule has 0 spiro atoms. The van der Waals surface area contributed by atoms with Gasteiger partial charge in [0.25, 0.3) is 0 Å². The molecule has 1 saturated carbocycles. The van der Waals surface area contributed by atoms with Crippen LogP contribution in [0.2, 0.25) is 0 Å². The minimum atomic E-state index is -0.373. The van der Waals surface area contributed by atoms with E-state index in [9.17, 15) is 9.59 Å². The second kappa shape index (κ2) is 7.45. The van der Waals surface area contributed by atoms with E-state index in [1.807, 2.05) is 16.7 Å². The molecule has 2 unspecified atom stereocenters. The van der Waals surface area contributed by atoms with Crippen LogP contribution in [0, 0.1) is 5.92 Å². The Hall–Kier alpha value is -0.810. The van der Waals surface area contributed by atoms with Crippen molar-refractivity contribution in [2.45, 2.75) is 51.5 Å². The van der Waals surface area contributed by atoms with Gasteiger partial charge in [-0.3, -0.25) is 9.59 Å². The molecule has 2 aliphatic rings. The Balaban J connectivity index is 0.00000220. The van der Waals surface area contributed by atoms with Crippen LogP contribution in [0.5, 0.6) is 0 Å². The zero-order valence-electron chi connectivity index (χ0n) is 13.1. The molecular weight excluding hydrogens is 290 g/mol. The molecule has 2 atom stereocenters. The van der Waals surface area contributed by atoms with E-state index in [1.165, 1.54) is 0 Å². The quantitative estimate of drug-likeness (QED) is 0.795. The lowest BCUT2D eigenvalue weighted by Gasteiger charge is -2.39. The molecule has 5 nitrogen and oxygen atoms in total. The first kappa shape index (κ1) is 18.2. The molecule has 122 valence electrons. The number of carbonyl (C=O) groups is 2. The zero-order valence-corrected chi connectivity index (χ0v) is 14.0. The number of nitrogens with two attached hydrogens (primary N) is 1. The van der Waals surface area contributed by atoms with E-state index in [-0.39, 0.29) is 35.7 Å². The van der Waals surface area contributed by atoms with E-state index in [0.717, 1.165) is 45.2 Å². The average Bonchev–Trinajstić information content (AvgIpc) is 2.63. The first-order chi connectivity index (χ1) is 9.42. The molecule has 21 heavy (non-hydrogen) atoms. The summed E-state index contributed by atoms with van der Waals surface area (Å²) in [6.07, 6.45) is 4.90. The Labute approximate surface area is 133 Å². The Morgan fingerprint density at radius 3 is 2.29 bits per heavy atom. The van der Waals surface area contributed by atoms with Crippen molar-refractivity contribution < 1.29 is 9.59 Å². The van der Waals surface area contributed by atoms with Gasteiger partial charge in [0.15, 0.2) is 0 Å². The van der Waals surface area contributed by atoms with Gasteiger partial charge in [-0.15, -0.1) is 12.4 Å². The van der Waals surface area contributed by atoms with Crippen LogP contribution in [0.1, 0.15) is 46.0 Å². The number of hydrogen-bond donors (Lipinski definition) is 1. The minimum Gasteiger partial charge on any atom is -0.341 e. The fourth-order valence-corrected chi connectivity index (χ4v) is 3.44. The lowest BCUT2D eigenvalue weighted by Crippen LogP contribution is -2.54. The molecule has 0 aromatic carbocycles. The molecule has 0 radical (unpaired) electrons. The number of halogens is 1. The van der Waals surface area contributed by atoms with Crippen molar-refractivity contribution in [3.63, 3.8) is 0 Å². The van der Waals surface area contributed by atoms with Gasteiger partial charge in [-0.1, -0.05) is 12.8 Å². The molecule has 0 aromatic heterocycles. The van der Waals surface area contributed by atoms with E-state index >= 15 is 0 Å². The second-order valence-corrected chi connectivity index (χ2v) is 6.49. The Bertz CT molecular complexity index is 387. The van der Waals surface area contributed by atoms with Gasteiger partial charge in [0.2, 0.25) is 11.8 Å². The lowest BCUT2D eigenvalue weighted by molar-refractivity contribution is -0.139. The average molecular weight is 318 g/mol. The van der Waals surface area contributed by atoms with Crippen LogP contribution in [0.25, 0.3) is 0 Å². The predicted octanol–water partition coefficient (Wildman–Crippen LogP) is 1.40. The third kappa shape index (κ3) is 4.33.